The summed E-state index contributed by atoms with van der Waals surface area (Å²) in [7, 11) is 0. The molecule has 2 heterocycles. The number of anilines is 1. The Hall–Kier alpha value is -2.80. The minimum atomic E-state index is -0.336. The number of halogens is 1. The van der Waals surface area contributed by atoms with Gasteiger partial charge in [0.1, 0.15) is 5.69 Å². The highest BCUT2D eigenvalue weighted by Crippen LogP contribution is 2.28. The fourth-order valence-corrected chi connectivity index (χ4v) is 2.33. The average Bonchev–Trinajstić information content (AvgIpc) is 3.09. The predicted octanol–water partition coefficient (Wildman–Crippen LogP) is 3.29. The Morgan fingerprint density at radius 2 is 2.08 bits per heavy atom. The van der Waals surface area contributed by atoms with E-state index in [2.05, 4.69) is 44.8 Å². The second-order valence-corrected chi connectivity index (χ2v) is 5.95. The molecule has 0 fully saturated rings. The zero-order chi connectivity index (χ0) is 17.1. The third-order valence-corrected chi connectivity index (χ3v) is 3.74. The molecule has 0 bridgehead atoms. The number of aromatic nitrogens is 5. The van der Waals surface area contributed by atoms with Gasteiger partial charge in [0.15, 0.2) is 0 Å². The van der Waals surface area contributed by atoms with Crippen molar-refractivity contribution in [1.29, 1.82) is 0 Å². The molecule has 1 aromatic carbocycles. The lowest BCUT2D eigenvalue weighted by molar-refractivity contribution is 0.102. The van der Waals surface area contributed by atoms with Crippen LogP contribution < -0.4 is 5.32 Å². The molecular weight excluding hydrogens is 328 g/mol. The van der Waals surface area contributed by atoms with Gasteiger partial charge in [-0.15, -0.1) is 10.2 Å². The van der Waals surface area contributed by atoms with Crippen LogP contribution in [0, 0.1) is 0 Å². The minimum Gasteiger partial charge on any atom is -0.320 e. The van der Waals surface area contributed by atoms with E-state index in [-0.39, 0.29) is 5.91 Å². The van der Waals surface area contributed by atoms with Gasteiger partial charge in [-0.25, -0.2) is 0 Å². The summed E-state index contributed by atoms with van der Waals surface area (Å²) < 4.78 is 0. The Bertz CT molecular complexity index is 846. The standard InChI is InChI=1S/C16H15ClN6O/c1-9(2)10-3-6-13(18-8-10)16(24)19-14-7-11(17)4-5-12(14)15-20-22-23-21-15/h3-9H,1-2H3,(H,19,24)(H,20,21,22,23). The lowest BCUT2D eigenvalue weighted by Gasteiger charge is -2.10. The van der Waals surface area contributed by atoms with Crippen molar-refractivity contribution in [2.24, 2.45) is 0 Å². The summed E-state index contributed by atoms with van der Waals surface area (Å²) in [6.07, 6.45) is 1.71. The molecule has 3 aromatic rings. The number of benzene rings is 1. The van der Waals surface area contributed by atoms with Gasteiger partial charge in [0, 0.05) is 16.8 Å². The SMILES string of the molecule is CC(C)c1ccc(C(=O)Nc2cc(Cl)ccc2-c2nn[nH]n2)nc1. The summed E-state index contributed by atoms with van der Waals surface area (Å²) >= 11 is 6.03. The maximum absolute atomic E-state index is 12.4. The largest absolute Gasteiger partial charge is 0.320 e. The fraction of sp³-hybridized carbons (Fsp3) is 0.188. The molecule has 2 aromatic heterocycles. The van der Waals surface area contributed by atoms with Crippen molar-refractivity contribution < 1.29 is 4.79 Å². The van der Waals surface area contributed by atoms with Gasteiger partial charge in [-0.05, 0) is 41.0 Å². The number of H-pyrrole nitrogens is 1. The first-order chi connectivity index (χ1) is 11.5. The molecular formula is C16H15ClN6O. The maximum atomic E-state index is 12.4. The topological polar surface area (TPSA) is 96.5 Å². The lowest BCUT2D eigenvalue weighted by Crippen LogP contribution is -2.14. The molecule has 0 aliphatic heterocycles. The van der Waals surface area contributed by atoms with Crippen LogP contribution in [0.1, 0.15) is 35.8 Å². The summed E-state index contributed by atoms with van der Waals surface area (Å²) in [5, 5.41) is 17.1. The first kappa shape index (κ1) is 16.1. The molecule has 0 atom stereocenters. The maximum Gasteiger partial charge on any atom is 0.274 e. The number of rotatable bonds is 4. The number of tetrazole rings is 1. The van der Waals surface area contributed by atoms with Crippen molar-refractivity contribution in [2.75, 3.05) is 5.32 Å². The van der Waals surface area contributed by atoms with E-state index in [4.69, 9.17) is 11.6 Å². The second kappa shape index (κ2) is 6.76. The lowest BCUT2D eigenvalue weighted by atomic mass is 10.1. The van der Waals surface area contributed by atoms with E-state index < -0.39 is 0 Å². The van der Waals surface area contributed by atoms with Crippen LogP contribution in [0.25, 0.3) is 11.4 Å². The van der Waals surface area contributed by atoms with Crippen molar-refractivity contribution in [3.8, 4) is 11.4 Å². The number of amides is 1. The summed E-state index contributed by atoms with van der Waals surface area (Å²) in [6.45, 7) is 4.14. The Morgan fingerprint density at radius 1 is 1.25 bits per heavy atom. The molecule has 8 heteroatoms. The van der Waals surface area contributed by atoms with Gasteiger partial charge in [0.2, 0.25) is 5.82 Å². The molecule has 2 N–H and O–H groups in total. The van der Waals surface area contributed by atoms with Gasteiger partial charge in [0.25, 0.3) is 5.91 Å². The van der Waals surface area contributed by atoms with E-state index in [1.807, 2.05) is 6.07 Å². The van der Waals surface area contributed by atoms with Gasteiger partial charge in [-0.1, -0.05) is 31.5 Å². The molecule has 7 nitrogen and oxygen atoms in total. The van der Waals surface area contributed by atoms with Gasteiger partial charge in [0.05, 0.1) is 5.69 Å². The molecule has 122 valence electrons. The van der Waals surface area contributed by atoms with Crippen LogP contribution in [0.15, 0.2) is 36.5 Å². The number of nitrogens with zero attached hydrogens (tertiary/aromatic N) is 4. The molecule has 0 spiro atoms. The van der Waals surface area contributed by atoms with Crippen molar-refractivity contribution in [2.45, 2.75) is 19.8 Å². The molecule has 0 radical (unpaired) electrons. The highest BCUT2D eigenvalue weighted by atomic mass is 35.5. The van der Waals surface area contributed by atoms with Crippen LogP contribution in [0.4, 0.5) is 5.69 Å². The zero-order valence-corrected chi connectivity index (χ0v) is 13.9. The minimum absolute atomic E-state index is 0.318. The highest BCUT2D eigenvalue weighted by molar-refractivity contribution is 6.31. The van der Waals surface area contributed by atoms with Crippen LogP contribution in [-0.4, -0.2) is 31.5 Å². The van der Waals surface area contributed by atoms with Crippen LogP contribution in [0.3, 0.4) is 0 Å². The van der Waals surface area contributed by atoms with Crippen molar-refractivity contribution >= 4 is 23.2 Å². The van der Waals surface area contributed by atoms with E-state index >= 15 is 0 Å². The number of carbonyl (C=O) groups is 1. The molecule has 24 heavy (non-hydrogen) atoms. The van der Waals surface area contributed by atoms with Crippen LogP contribution in [0.5, 0.6) is 0 Å². The third-order valence-electron chi connectivity index (χ3n) is 3.50. The van der Waals surface area contributed by atoms with E-state index in [0.717, 1.165) is 5.56 Å². The number of carbonyl (C=O) groups excluding carboxylic acids is 1. The Morgan fingerprint density at radius 3 is 2.71 bits per heavy atom. The molecule has 0 unspecified atom stereocenters. The summed E-state index contributed by atoms with van der Waals surface area (Å²) in [6, 6.07) is 8.64. The van der Waals surface area contributed by atoms with E-state index in [0.29, 0.717) is 33.7 Å². The molecule has 0 aliphatic rings. The molecule has 1 amide bonds. The second-order valence-electron chi connectivity index (χ2n) is 5.51. The van der Waals surface area contributed by atoms with Crippen LogP contribution in [-0.2, 0) is 0 Å². The van der Waals surface area contributed by atoms with Gasteiger partial charge >= 0.3 is 0 Å². The van der Waals surface area contributed by atoms with E-state index in [1.54, 1.807) is 30.5 Å². The van der Waals surface area contributed by atoms with Crippen LogP contribution >= 0.6 is 11.6 Å². The normalized spacial score (nSPS) is 10.8. The summed E-state index contributed by atoms with van der Waals surface area (Å²) in [5.74, 6) is 0.384. The summed E-state index contributed by atoms with van der Waals surface area (Å²) in [5.41, 5.74) is 2.49. The van der Waals surface area contributed by atoms with Gasteiger partial charge < -0.3 is 5.32 Å². The van der Waals surface area contributed by atoms with Gasteiger partial charge in [-0.3, -0.25) is 9.78 Å². The Labute approximate surface area is 143 Å². The number of nitrogens with one attached hydrogen (secondary N) is 2. The number of pyridine rings is 1. The zero-order valence-electron chi connectivity index (χ0n) is 13.1. The van der Waals surface area contributed by atoms with Crippen molar-refractivity contribution in [1.82, 2.24) is 25.6 Å². The molecule has 0 saturated carbocycles. The fourth-order valence-electron chi connectivity index (χ4n) is 2.16. The quantitative estimate of drug-likeness (QED) is 0.758. The van der Waals surface area contributed by atoms with Gasteiger partial charge in [-0.2, -0.15) is 5.21 Å². The number of aromatic amines is 1. The smallest absolute Gasteiger partial charge is 0.274 e. The average molecular weight is 343 g/mol. The van der Waals surface area contributed by atoms with E-state index in [1.165, 1.54) is 0 Å². The Balaban J connectivity index is 1.88. The first-order valence-corrected chi connectivity index (χ1v) is 7.73. The predicted molar refractivity (Wildman–Crippen MR) is 90.9 cm³/mol. The summed E-state index contributed by atoms with van der Waals surface area (Å²) in [4.78, 5) is 16.7. The number of hydrogen-bond donors (Lipinski definition) is 2. The molecule has 3 rings (SSSR count). The molecule has 0 saturated heterocycles. The molecule has 0 aliphatic carbocycles. The first-order valence-electron chi connectivity index (χ1n) is 7.35. The number of hydrogen-bond acceptors (Lipinski definition) is 5. The highest BCUT2D eigenvalue weighted by Gasteiger charge is 2.15. The third kappa shape index (κ3) is 3.41. The Kier molecular flexibility index (Phi) is 4.52. The van der Waals surface area contributed by atoms with Crippen LogP contribution in [0.2, 0.25) is 5.02 Å². The van der Waals surface area contributed by atoms with Crippen molar-refractivity contribution in [3.63, 3.8) is 0 Å². The monoisotopic (exact) mass is 342 g/mol. The van der Waals surface area contributed by atoms with E-state index in [9.17, 15) is 4.79 Å². The van der Waals surface area contributed by atoms with Crippen molar-refractivity contribution in [3.05, 3.63) is 52.8 Å².